The van der Waals surface area contributed by atoms with Gasteiger partial charge in [-0.05, 0) is 5.56 Å². The van der Waals surface area contributed by atoms with Crippen molar-refractivity contribution in [1.29, 1.82) is 0 Å². The molecule has 2 aromatic heterocycles. The summed E-state index contributed by atoms with van der Waals surface area (Å²) < 4.78 is 8.02. The van der Waals surface area contributed by atoms with Crippen LogP contribution in [0.1, 0.15) is 48.8 Å². The third-order valence-electron chi connectivity index (χ3n) is 4.74. The van der Waals surface area contributed by atoms with E-state index in [1.165, 1.54) is 5.56 Å². The van der Waals surface area contributed by atoms with Crippen LogP contribution in [0.4, 0.5) is 0 Å². The Labute approximate surface area is 153 Å². The highest BCUT2D eigenvalue weighted by atomic mass is 16.4. The van der Waals surface area contributed by atoms with Crippen molar-refractivity contribution in [2.24, 2.45) is 0 Å². The fraction of sp³-hybridized carbons (Fsp3) is 0.474. The number of benzene rings is 1. The van der Waals surface area contributed by atoms with Gasteiger partial charge in [-0.2, -0.15) is 0 Å². The average Bonchev–Trinajstić information content (AvgIpc) is 3.20. The zero-order valence-corrected chi connectivity index (χ0v) is 15.3. The summed E-state index contributed by atoms with van der Waals surface area (Å²) in [5.41, 5.74) is 1.26. The van der Waals surface area contributed by atoms with Crippen LogP contribution < -0.4 is 0 Å². The molecule has 3 heterocycles. The van der Waals surface area contributed by atoms with Gasteiger partial charge in [0.15, 0.2) is 0 Å². The van der Waals surface area contributed by atoms with E-state index in [4.69, 9.17) is 4.42 Å². The molecule has 0 saturated carbocycles. The Balaban J connectivity index is 1.42. The number of hydrogen-bond donors (Lipinski definition) is 0. The third kappa shape index (κ3) is 3.67. The summed E-state index contributed by atoms with van der Waals surface area (Å²) in [7, 11) is 0. The minimum atomic E-state index is 0.261. The normalized spacial score (nSPS) is 15.2. The van der Waals surface area contributed by atoms with Gasteiger partial charge >= 0.3 is 0 Å². The maximum absolute atomic E-state index is 5.75. The molecule has 1 aliphatic heterocycles. The largest absolute Gasteiger partial charge is 0.424 e. The summed E-state index contributed by atoms with van der Waals surface area (Å²) in [6.45, 7) is 7.53. The van der Waals surface area contributed by atoms with Gasteiger partial charge in [-0.3, -0.25) is 4.90 Å². The maximum atomic E-state index is 5.75. The Morgan fingerprint density at radius 2 is 1.85 bits per heavy atom. The van der Waals surface area contributed by atoms with Crippen molar-refractivity contribution in [3.63, 3.8) is 0 Å². The van der Waals surface area contributed by atoms with Crippen LogP contribution in [-0.4, -0.2) is 43.0 Å². The van der Waals surface area contributed by atoms with Crippen molar-refractivity contribution in [3.8, 4) is 0 Å². The zero-order valence-electron chi connectivity index (χ0n) is 15.3. The van der Waals surface area contributed by atoms with E-state index in [0.717, 1.165) is 44.1 Å². The molecule has 0 unspecified atom stereocenters. The molecule has 7 heteroatoms. The highest BCUT2D eigenvalue weighted by molar-refractivity contribution is 5.19. The predicted octanol–water partition coefficient (Wildman–Crippen LogP) is 2.43. The first-order valence-corrected chi connectivity index (χ1v) is 9.18. The minimum absolute atomic E-state index is 0.261. The Bertz CT molecular complexity index is 854. The van der Waals surface area contributed by atoms with E-state index in [0.29, 0.717) is 18.3 Å². The molecule has 3 aromatic rings. The second-order valence-corrected chi connectivity index (χ2v) is 7.06. The molecule has 0 N–H and O–H groups in total. The number of aromatic nitrogens is 5. The summed E-state index contributed by atoms with van der Waals surface area (Å²) in [6.07, 6.45) is 1.70. The van der Waals surface area contributed by atoms with Gasteiger partial charge in [0.1, 0.15) is 11.6 Å². The van der Waals surface area contributed by atoms with Gasteiger partial charge in [-0.15, -0.1) is 20.4 Å². The quantitative estimate of drug-likeness (QED) is 0.702. The molecule has 0 atom stereocenters. The monoisotopic (exact) mass is 352 g/mol. The van der Waals surface area contributed by atoms with E-state index in [2.05, 4.69) is 68.0 Å². The number of hydrogen-bond acceptors (Lipinski definition) is 6. The molecule has 0 fully saturated rings. The van der Waals surface area contributed by atoms with Gasteiger partial charge in [0.25, 0.3) is 0 Å². The fourth-order valence-corrected chi connectivity index (χ4v) is 3.25. The molecule has 4 rings (SSSR count). The van der Waals surface area contributed by atoms with E-state index in [1.54, 1.807) is 0 Å². The lowest BCUT2D eigenvalue weighted by Gasteiger charge is -2.17. The van der Waals surface area contributed by atoms with Crippen LogP contribution in [0.15, 0.2) is 34.7 Å². The lowest BCUT2D eigenvalue weighted by atomic mass is 10.1. The van der Waals surface area contributed by atoms with Crippen molar-refractivity contribution >= 4 is 0 Å². The summed E-state index contributed by atoms with van der Waals surface area (Å²) >= 11 is 0. The Kier molecular flexibility index (Phi) is 4.79. The molecule has 136 valence electrons. The van der Waals surface area contributed by atoms with Gasteiger partial charge in [0, 0.05) is 38.4 Å². The van der Waals surface area contributed by atoms with Crippen LogP contribution in [0.25, 0.3) is 0 Å². The highest BCUT2D eigenvalue weighted by Crippen LogP contribution is 2.16. The summed E-state index contributed by atoms with van der Waals surface area (Å²) in [5, 5.41) is 17.1. The van der Waals surface area contributed by atoms with Crippen molar-refractivity contribution in [2.45, 2.75) is 45.7 Å². The first-order valence-electron chi connectivity index (χ1n) is 9.18. The molecule has 0 amide bonds. The SMILES string of the molecule is CC(C)c1nnc(CN2CCc3nnc(Cc4ccccc4)n3CC2)o1. The van der Waals surface area contributed by atoms with E-state index in [-0.39, 0.29) is 5.92 Å². The molecule has 7 nitrogen and oxygen atoms in total. The van der Waals surface area contributed by atoms with Crippen LogP contribution in [-0.2, 0) is 25.9 Å². The molecule has 0 bridgehead atoms. The lowest BCUT2D eigenvalue weighted by Crippen LogP contribution is -2.27. The first kappa shape index (κ1) is 16.9. The van der Waals surface area contributed by atoms with Crippen molar-refractivity contribution < 1.29 is 4.42 Å². The lowest BCUT2D eigenvalue weighted by molar-refractivity contribution is 0.239. The van der Waals surface area contributed by atoms with Crippen LogP contribution in [0, 0.1) is 0 Å². The van der Waals surface area contributed by atoms with E-state index < -0.39 is 0 Å². The summed E-state index contributed by atoms with van der Waals surface area (Å²) in [5.74, 6) is 3.75. The Morgan fingerprint density at radius 1 is 1.00 bits per heavy atom. The molecular weight excluding hydrogens is 328 g/mol. The second kappa shape index (κ2) is 7.37. The van der Waals surface area contributed by atoms with Gasteiger partial charge in [-0.25, -0.2) is 0 Å². The van der Waals surface area contributed by atoms with Crippen LogP contribution in [0.3, 0.4) is 0 Å². The molecular formula is C19H24N6O. The molecule has 0 aliphatic carbocycles. The number of nitrogens with zero attached hydrogens (tertiary/aromatic N) is 6. The highest BCUT2D eigenvalue weighted by Gasteiger charge is 2.20. The van der Waals surface area contributed by atoms with Gasteiger partial charge in [0.2, 0.25) is 11.8 Å². The molecule has 1 aliphatic rings. The third-order valence-corrected chi connectivity index (χ3v) is 4.74. The fourth-order valence-electron chi connectivity index (χ4n) is 3.25. The van der Waals surface area contributed by atoms with Crippen molar-refractivity contribution in [2.75, 3.05) is 13.1 Å². The molecule has 1 aromatic carbocycles. The van der Waals surface area contributed by atoms with Crippen molar-refractivity contribution in [3.05, 3.63) is 59.3 Å². The predicted molar refractivity (Wildman–Crippen MR) is 96.6 cm³/mol. The zero-order chi connectivity index (χ0) is 17.9. The molecule has 0 spiro atoms. The van der Waals surface area contributed by atoms with Crippen LogP contribution >= 0.6 is 0 Å². The van der Waals surface area contributed by atoms with Crippen LogP contribution in [0.2, 0.25) is 0 Å². The van der Waals surface area contributed by atoms with Crippen LogP contribution in [0.5, 0.6) is 0 Å². The van der Waals surface area contributed by atoms with Gasteiger partial charge in [0.05, 0.1) is 6.54 Å². The second-order valence-electron chi connectivity index (χ2n) is 7.06. The number of fused-ring (bicyclic) bond motifs is 1. The minimum Gasteiger partial charge on any atom is -0.424 e. The summed E-state index contributed by atoms with van der Waals surface area (Å²) in [6, 6.07) is 10.4. The van der Waals surface area contributed by atoms with Crippen molar-refractivity contribution in [1.82, 2.24) is 29.9 Å². The van der Waals surface area contributed by atoms with E-state index >= 15 is 0 Å². The van der Waals surface area contributed by atoms with E-state index in [9.17, 15) is 0 Å². The first-order chi connectivity index (χ1) is 12.7. The summed E-state index contributed by atoms with van der Waals surface area (Å²) in [4.78, 5) is 2.35. The Morgan fingerprint density at radius 3 is 2.62 bits per heavy atom. The Hall–Kier alpha value is -2.54. The molecule has 0 saturated heterocycles. The maximum Gasteiger partial charge on any atom is 0.230 e. The molecule has 26 heavy (non-hydrogen) atoms. The van der Waals surface area contributed by atoms with Gasteiger partial charge in [-0.1, -0.05) is 44.2 Å². The topological polar surface area (TPSA) is 72.9 Å². The van der Waals surface area contributed by atoms with E-state index in [1.807, 2.05) is 6.07 Å². The number of rotatable bonds is 5. The standard InChI is InChI=1S/C19H24N6O/c1-14(2)19-23-22-18(26-19)13-24-9-8-16-20-21-17(25(16)11-10-24)12-15-6-4-3-5-7-15/h3-7,14H,8-13H2,1-2H3. The van der Waals surface area contributed by atoms with Gasteiger partial charge < -0.3 is 8.98 Å². The average molecular weight is 352 g/mol. The molecule has 0 radical (unpaired) electrons. The smallest absolute Gasteiger partial charge is 0.230 e.